The zero-order chi connectivity index (χ0) is 21.2. The van der Waals surface area contributed by atoms with E-state index in [4.69, 9.17) is 19.3 Å². The Hall–Kier alpha value is -3.42. The number of aliphatic carboxylic acids is 1. The molecule has 0 saturated carbocycles. The summed E-state index contributed by atoms with van der Waals surface area (Å²) in [6.07, 6.45) is -1.66. The Morgan fingerprint density at radius 1 is 1.03 bits per heavy atom. The molecule has 1 aliphatic rings. The Morgan fingerprint density at radius 2 is 1.62 bits per heavy atom. The summed E-state index contributed by atoms with van der Waals surface area (Å²) in [7, 11) is 0. The van der Waals surface area contributed by atoms with Crippen LogP contribution in [0, 0.1) is 0 Å². The van der Waals surface area contributed by atoms with Gasteiger partial charge in [0.05, 0.1) is 5.56 Å². The van der Waals surface area contributed by atoms with Crippen molar-refractivity contribution in [1.82, 2.24) is 0 Å². The second kappa shape index (κ2) is 7.54. The number of alkyl halides is 2. The number of esters is 1. The van der Waals surface area contributed by atoms with Gasteiger partial charge in [0.2, 0.25) is 11.9 Å². The van der Waals surface area contributed by atoms with Gasteiger partial charge in [-0.25, -0.2) is 9.59 Å². The first-order valence-electron chi connectivity index (χ1n) is 8.65. The number of ether oxygens (including phenoxy) is 3. The minimum atomic E-state index is -4.42. The molecule has 1 N–H and O–H groups in total. The van der Waals surface area contributed by atoms with Gasteiger partial charge < -0.3 is 19.3 Å². The highest BCUT2D eigenvalue weighted by molar-refractivity contribution is 5.91. The maximum absolute atomic E-state index is 14.2. The van der Waals surface area contributed by atoms with Crippen molar-refractivity contribution in [1.29, 1.82) is 0 Å². The van der Waals surface area contributed by atoms with Crippen molar-refractivity contribution < 1.29 is 37.7 Å². The Balaban J connectivity index is 1.82. The Bertz CT molecular complexity index is 935. The highest BCUT2D eigenvalue weighted by atomic mass is 19.3. The van der Waals surface area contributed by atoms with E-state index in [2.05, 4.69) is 0 Å². The van der Waals surface area contributed by atoms with Gasteiger partial charge in [0.15, 0.2) is 5.76 Å². The molecule has 3 rings (SSSR count). The van der Waals surface area contributed by atoms with E-state index in [1.807, 2.05) is 30.3 Å². The van der Waals surface area contributed by atoms with Gasteiger partial charge in [-0.3, -0.25) is 0 Å². The van der Waals surface area contributed by atoms with Crippen LogP contribution in [0.4, 0.5) is 8.78 Å². The van der Waals surface area contributed by atoms with Crippen molar-refractivity contribution in [3.05, 3.63) is 72.2 Å². The molecule has 8 heteroatoms. The largest absolute Gasteiger partial charge is 0.477 e. The van der Waals surface area contributed by atoms with E-state index < -0.39 is 35.5 Å². The van der Waals surface area contributed by atoms with Gasteiger partial charge in [0.1, 0.15) is 6.26 Å². The number of hydrogen-bond donors (Lipinski definition) is 1. The van der Waals surface area contributed by atoms with Crippen LogP contribution in [0.2, 0.25) is 0 Å². The third kappa shape index (κ3) is 4.37. The number of halogens is 2. The maximum Gasteiger partial charge on any atom is 0.385 e. The monoisotopic (exact) mass is 404 g/mol. The fraction of sp³-hybridized carbons (Fsp3) is 0.238. The second-order valence-corrected chi connectivity index (χ2v) is 6.80. The van der Waals surface area contributed by atoms with Crippen molar-refractivity contribution in [3.63, 3.8) is 0 Å². The average Bonchev–Trinajstić information content (AvgIpc) is 3.05. The summed E-state index contributed by atoms with van der Waals surface area (Å²) in [5.41, 5.74) is 1.70. The van der Waals surface area contributed by atoms with E-state index in [0.717, 1.165) is 17.4 Å². The minimum Gasteiger partial charge on any atom is -0.477 e. The van der Waals surface area contributed by atoms with Gasteiger partial charge in [0.25, 0.3) is 0 Å². The Kier molecular flexibility index (Phi) is 5.28. The number of carbonyl (C=O) groups excluding carboxylic acids is 1. The molecule has 0 unspecified atom stereocenters. The molecular weight excluding hydrogens is 386 g/mol. The van der Waals surface area contributed by atoms with E-state index in [-0.39, 0.29) is 5.56 Å². The standard InChI is InChI=1S/C21H18F2O6/c1-20(2)27-12-16(29-20)17(21(22,23)19(25)26)28-18(24)15-10-8-14(9-11-15)13-6-4-3-5-7-13/h3-12,17H,1-2H3,(H,25,26)/t17-/m1/s1. The molecule has 0 spiro atoms. The van der Waals surface area contributed by atoms with Crippen LogP contribution in [0.5, 0.6) is 0 Å². The molecule has 0 bridgehead atoms. The normalized spacial score (nSPS) is 16.2. The van der Waals surface area contributed by atoms with Gasteiger partial charge in [-0.2, -0.15) is 8.78 Å². The zero-order valence-corrected chi connectivity index (χ0v) is 15.6. The highest BCUT2D eigenvalue weighted by Crippen LogP contribution is 2.35. The van der Waals surface area contributed by atoms with Crippen LogP contribution in [0.3, 0.4) is 0 Å². The van der Waals surface area contributed by atoms with Crippen LogP contribution in [0.15, 0.2) is 66.6 Å². The number of hydrogen-bond acceptors (Lipinski definition) is 5. The molecule has 29 heavy (non-hydrogen) atoms. The lowest BCUT2D eigenvalue weighted by atomic mass is 10.0. The van der Waals surface area contributed by atoms with Gasteiger partial charge in [-0.1, -0.05) is 42.5 Å². The van der Waals surface area contributed by atoms with E-state index in [1.54, 1.807) is 12.1 Å². The van der Waals surface area contributed by atoms with Crippen molar-refractivity contribution in [2.45, 2.75) is 31.7 Å². The fourth-order valence-corrected chi connectivity index (χ4v) is 2.67. The summed E-state index contributed by atoms with van der Waals surface area (Å²) in [5.74, 6) is -9.87. The lowest BCUT2D eigenvalue weighted by molar-refractivity contribution is -0.187. The lowest BCUT2D eigenvalue weighted by Crippen LogP contribution is -2.46. The summed E-state index contributed by atoms with van der Waals surface area (Å²) >= 11 is 0. The van der Waals surface area contributed by atoms with E-state index >= 15 is 0 Å². The van der Waals surface area contributed by atoms with Gasteiger partial charge in [-0.05, 0) is 23.3 Å². The van der Waals surface area contributed by atoms with Crippen LogP contribution in [0.1, 0.15) is 24.2 Å². The minimum absolute atomic E-state index is 0.0188. The third-order valence-corrected chi connectivity index (χ3v) is 4.15. The molecule has 1 aliphatic heterocycles. The summed E-state index contributed by atoms with van der Waals surface area (Å²) in [5, 5.41) is 8.88. The third-order valence-electron chi connectivity index (χ3n) is 4.15. The first-order chi connectivity index (χ1) is 13.6. The van der Waals surface area contributed by atoms with E-state index in [9.17, 15) is 18.4 Å². The molecule has 152 valence electrons. The predicted octanol–water partition coefficient (Wildman–Crippen LogP) is 4.22. The highest BCUT2D eigenvalue weighted by Gasteiger charge is 2.55. The first-order valence-corrected chi connectivity index (χ1v) is 8.65. The number of carbonyl (C=O) groups is 2. The molecule has 0 radical (unpaired) electrons. The van der Waals surface area contributed by atoms with Gasteiger partial charge in [0, 0.05) is 13.8 Å². The number of carboxylic acid groups (broad SMARTS) is 1. The molecule has 2 aromatic carbocycles. The summed E-state index contributed by atoms with van der Waals surface area (Å²) in [6, 6.07) is 15.4. The van der Waals surface area contributed by atoms with Crippen LogP contribution in [0.25, 0.3) is 11.1 Å². The summed E-state index contributed by atoms with van der Waals surface area (Å²) in [4.78, 5) is 23.5. The summed E-state index contributed by atoms with van der Waals surface area (Å²) < 4.78 is 43.5. The molecule has 2 aromatic rings. The van der Waals surface area contributed by atoms with Crippen LogP contribution >= 0.6 is 0 Å². The Labute approximate surface area is 165 Å². The SMILES string of the molecule is CC1(C)OC=C([C@@H](OC(=O)c2ccc(-c3ccccc3)cc2)C(F)(F)C(=O)O)O1. The average molecular weight is 404 g/mol. The lowest BCUT2D eigenvalue weighted by Gasteiger charge is -2.25. The topological polar surface area (TPSA) is 82.1 Å². The molecule has 0 aromatic heterocycles. The molecular formula is C21H18F2O6. The second-order valence-electron chi connectivity index (χ2n) is 6.80. The molecule has 0 saturated heterocycles. The number of carboxylic acids is 1. The van der Waals surface area contributed by atoms with Crippen molar-refractivity contribution >= 4 is 11.9 Å². The van der Waals surface area contributed by atoms with Crippen LogP contribution in [-0.2, 0) is 19.0 Å². The first kappa shape index (κ1) is 20.3. The molecule has 0 amide bonds. The van der Waals surface area contributed by atoms with Crippen molar-refractivity contribution in [2.24, 2.45) is 0 Å². The van der Waals surface area contributed by atoms with Crippen molar-refractivity contribution in [3.8, 4) is 11.1 Å². The van der Waals surface area contributed by atoms with Crippen LogP contribution < -0.4 is 0 Å². The quantitative estimate of drug-likeness (QED) is 0.726. The smallest absolute Gasteiger partial charge is 0.385 e. The van der Waals surface area contributed by atoms with Crippen molar-refractivity contribution in [2.75, 3.05) is 0 Å². The van der Waals surface area contributed by atoms with Gasteiger partial charge in [-0.15, -0.1) is 0 Å². The predicted molar refractivity (Wildman–Crippen MR) is 98.0 cm³/mol. The fourth-order valence-electron chi connectivity index (χ4n) is 2.67. The van der Waals surface area contributed by atoms with E-state index in [0.29, 0.717) is 0 Å². The molecule has 1 heterocycles. The van der Waals surface area contributed by atoms with E-state index in [1.165, 1.54) is 26.0 Å². The molecule has 6 nitrogen and oxygen atoms in total. The molecule has 1 atom stereocenters. The molecule has 0 aliphatic carbocycles. The maximum atomic E-state index is 14.2. The molecule has 0 fully saturated rings. The van der Waals surface area contributed by atoms with Gasteiger partial charge >= 0.3 is 17.9 Å². The number of benzene rings is 2. The van der Waals surface area contributed by atoms with Crippen LogP contribution in [-0.4, -0.2) is 34.9 Å². The summed E-state index contributed by atoms with van der Waals surface area (Å²) in [6.45, 7) is 2.88. The number of rotatable bonds is 6. The Morgan fingerprint density at radius 3 is 2.14 bits per heavy atom. The zero-order valence-electron chi connectivity index (χ0n) is 15.6.